The first-order valence-electron chi connectivity index (χ1n) is 8.14. The van der Waals surface area contributed by atoms with Crippen LogP contribution in [-0.2, 0) is 14.3 Å². The number of nitrogens with zero attached hydrogens (tertiary/aromatic N) is 4. The zero-order chi connectivity index (χ0) is 20.1. The van der Waals surface area contributed by atoms with Crippen molar-refractivity contribution in [2.75, 3.05) is 31.6 Å². The number of nitrogens with one attached hydrogen (secondary N) is 1. The average Bonchev–Trinajstić information content (AvgIpc) is 2.66. The van der Waals surface area contributed by atoms with Crippen LogP contribution >= 0.6 is 0 Å². The molecule has 0 heterocycles. The van der Waals surface area contributed by atoms with E-state index in [0.29, 0.717) is 0 Å². The van der Waals surface area contributed by atoms with Gasteiger partial charge in [0.25, 0.3) is 11.6 Å². The maximum Gasteiger partial charge on any atom is 0.308 e. The van der Waals surface area contributed by atoms with Gasteiger partial charge in [0.15, 0.2) is 6.61 Å². The number of esters is 1. The monoisotopic (exact) mass is 373 g/mol. The second kappa shape index (κ2) is 11.8. The molecule has 1 amide bonds. The third-order valence-corrected chi connectivity index (χ3v) is 3.44. The third-order valence-electron chi connectivity index (χ3n) is 3.44. The Balaban J connectivity index is 2.42. The van der Waals surface area contributed by atoms with Crippen molar-refractivity contribution < 1.29 is 19.2 Å². The van der Waals surface area contributed by atoms with Gasteiger partial charge in [0.2, 0.25) is 0 Å². The van der Waals surface area contributed by atoms with E-state index < -0.39 is 23.4 Å². The number of carbonyl (C=O) groups is 2. The number of hydrogen-bond acceptors (Lipinski definition) is 8. The average molecular weight is 373 g/mol. The number of benzene rings is 1. The van der Waals surface area contributed by atoms with Crippen LogP contribution in [0.2, 0.25) is 0 Å². The summed E-state index contributed by atoms with van der Waals surface area (Å²) in [7, 11) is 0. The van der Waals surface area contributed by atoms with E-state index in [2.05, 4.69) is 5.32 Å². The summed E-state index contributed by atoms with van der Waals surface area (Å²) in [5.74, 6) is -1.13. The number of nitro groups is 1. The molecule has 10 heteroatoms. The number of nitro benzene ring substituents is 1. The second-order valence-electron chi connectivity index (χ2n) is 5.31. The molecule has 0 fully saturated rings. The Hall–Kier alpha value is -3.66. The summed E-state index contributed by atoms with van der Waals surface area (Å²) in [6, 6.07) is 9.85. The van der Waals surface area contributed by atoms with Crippen molar-refractivity contribution in [1.82, 2.24) is 4.90 Å². The second-order valence-corrected chi connectivity index (χ2v) is 5.31. The van der Waals surface area contributed by atoms with E-state index in [9.17, 15) is 19.7 Å². The van der Waals surface area contributed by atoms with Gasteiger partial charge < -0.3 is 15.0 Å². The topological polar surface area (TPSA) is 149 Å². The lowest BCUT2D eigenvalue weighted by Crippen LogP contribution is -2.36. The molecule has 0 bridgehead atoms. The number of ether oxygens (including phenoxy) is 1. The summed E-state index contributed by atoms with van der Waals surface area (Å²) in [6.45, 7) is -0.0623. The van der Waals surface area contributed by atoms with Crippen molar-refractivity contribution in [3.05, 3.63) is 34.4 Å². The van der Waals surface area contributed by atoms with E-state index in [-0.39, 0.29) is 50.3 Å². The molecule has 0 atom stereocenters. The molecular weight excluding hydrogens is 354 g/mol. The summed E-state index contributed by atoms with van der Waals surface area (Å²) in [5.41, 5.74) is 0.178. The summed E-state index contributed by atoms with van der Waals surface area (Å²) in [5, 5.41) is 30.9. The number of carbonyl (C=O) groups excluding carboxylic acids is 2. The van der Waals surface area contributed by atoms with Crippen LogP contribution in [0.3, 0.4) is 0 Å². The molecule has 0 aliphatic carbocycles. The summed E-state index contributed by atoms with van der Waals surface area (Å²) in [4.78, 5) is 35.4. The van der Waals surface area contributed by atoms with Gasteiger partial charge in [-0.1, -0.05) is 12.1 Å². The molecule has 1 aromatic carbocycles. The number of para-hydroxylation sites is 2. The molecule has 0 aliphatic rings. The Labute approximate surface area is 156 Å². The van der Waals surface area contributed by atoms with Crippen molar-refractivity contribution >= 4 is 23.3 Å². The molecule has 0 saturated carbocycles. The fourth-order valence-electron chi connectivity index (χ4n) is 2.12. The Morgan fingerprint density at radius 1 is 1.19 bits per heavy atom. The molecule has 0 aliphatic heterocycles. The highest BCUT2D eigenvalue weighted by atomic mass is 16.6. The van der Waals surface area contributed by atoms with Crippen molar-refractivity contribution in [3.63, 3.8) is 0 Å². The molecule has 1 rings (SSSR count). The Kier molecular flexibility index (Phi) is 9.36. The van der Waals surface area contributed by atoms with E-state index in [0.717, 1.165) is 0 Å². The lowest BCUT2D eigenvalue weighted by Gasteiger charge is -2.20. The van der Waals surface area contributed by atoms with Gasteiger partial charge in [-0.25, -0.2) is 0 Å². The van der Waals surface area contributed by atoms with Crippen LogP contribution in [-0.4, -0.2) is 47.9 Å². The van der Waals surface area contributed by atoms with Crippen LogP contribution in [0.1, 0.15) is 19.3 Å². The molecule has 1 N–H and O–H groups in total. The Morgan fingerprint density at radius 2 is 1.81 bits per heavy atom. The number of hydrogen-bond donors (Lipinski definition) is 1. The molecule has 0 spiro atoms. The fourth-order valence-corrected chi connectivity index (χ4v) is 2.12. The van der Waals surface area contributed by atoms with Gasteiger partial charge in [0.1, 0.15) is 5.69 Å². The molecule has 0 saturated heterocycles. The number of amides is 1. The quantitative estimate of drug-likeness (QED) is 0.349. The molecule has 27 heavy (non-hydrogen) atoms. The smallest absolute Gasteiger partial charge is 0.308 e. The molecule has 10 nitrogen and oxygen atoms in total. The standard InChI is InChI=1S/C17H19N5O5/c18-8-3-11-21(12-4-9-19)16(23)13-27-17(24)7-10-20-14-5-1-2-6-15(14)22(25)26/h1-2,5-6,20H,3-4,7,10-13H2. The molecule has 142 valence electrons. The predicted molar refractivity (Wildman–Crippen MR) is 94.2 cm³/mol. The maximum absolute atomic E-state index is 12.0. The zero-order valence-electron chi connectivity index (χ0n) is 14.6. The van der Waals surface area contributed by atoms with E-state index in [1.807, 2.05) is 12.1 Å². The van der Waals surface area contributed by atoms with E-state index in [1.54, 1.807) is 6.07 Å². The molecule has 0 radical (unpaired) electrons. The van der Waals surface area contributed by atoms with Gasteiger partial charge in [-0.05, 0) is 6.07 Å². The Morgan fingerprint density at radius 3 is 2.41 bits per heavy atom. The third kappa shape index (κ3) is 7.84. The van der Waals surface area contributed by atoms with E-state index in [4.69, 9.17) is 15.3 Å². The van der Waals surface area contributed by atoms with Gasteiger partial charge in [0.05, 0.1) is 36.3 Å². The predicted octanol–water partition coefficient (Wildman–Crippen LogP) is 1.60. The first kappa shape index (κ1) is 21.4. The minimum Gasteiger partial charge on any atom is -0.456 e. The summed E-state index contributed by atoms with van der Waals surface area (Å²) in [6.07, 6.45) is 0.144. The van der Waals surface area contributed by atoms with Gasteiger partial charge in [0, 0.05) is 25.7 Å². The van der Waals surface area contributed by atoms with Gasteiger partial charge >= 0.3 is 5.97 Å². The van der Waals surface area contributed by atoms with E-state index in [1.165, 1.54) is 23.1 Å². The van der Waals surface area contributed by atoms with Crippen molar-refractivity contribution in [2.45, 2.75) is 19.3 Å². The van der Waals surface area contributed by atoms with Crippen LogP contribution in [0, 0.1) is 32.8 Å². The lowest BCUT2D eigenvalue weighted by molar-refractivity contribution is -0.384. The van der Waals surface area contributed by atoms with Crippen LogP contribution in [0.5, 0.6) is 0 Å². The number of anilines is 1. The minimum atomic E-state index is -0.644. The van der Waals surface area contributed by atoms with Crippen LogP contribution in [0.4, 0.5) is 11.4 Å². The van der Waals surface area contributed by atoms with E-state index >= 15 is 0 Å². The largest absolute Gasteiger partial charge is 0.456 e. The zero-order valence-corrected chi connectivity index (χ0v) is 14.6. The molecule has 0 aromatic heterocycles. The van der Waals surface area contributed by atoms with Crippen molar-refractivity contribution in [1.29, 1.82) is 10.5 Å². The van der Waals surface area contributed by atoms with Gasteiger partial charge in [-0.2, -0.15) is 10.5 Å². The van der Waals surface area contributed by atoms with Crippen molar-refractivity contribution in [2.24, 2.45) is 0 Å². The van der Waals surface area contributed by atoms with Gasteiger partial charge in [-0.3, -0.25) is 19.7 Å². The number of nitriles is 2. The highest BCUT2D eigenvalue weighted by Gasteiger charge is 2.16. The summed E-state index contributed by atoms with van der Waals surface area (Å²) < 4.78 is 4.89. The fraction of sp³-hybridized carbons (Fsp3) is 0.412. The maximum atomic E-state index is 12.0. The Bertz CT molecular complexity index is 735. The van der Waals surface area contributed by atoms with Crippen LogP contribution in [0.25, 0.3) is 0 Å². The first-order chi connectivity index (χ1) is 13.0. The highest BCUT2D eigenvalue weighted by molar-refractivity contribution is 5.80. The van der Waals surface area contributed by atoms with Crippen molar-refractivity contribution in [3.8, 4) is 12.1 Å². The minimum absolute atomic E-state index is 0.0876. The molecular formula is C17H19N5O5. The number of rotatable bonds is 11. The van der Waals surface area contributed by atoms with Gasteiger partial charge in [-0.15, -0.1) is 0 Å². The lowest BCUT2D eigenvalue weighted by atomic mass is 10.2. The SMILES string of the molecule is N#CCCN(CCC#N)C(=O)COC(=O)CCNc1ccccc1[N+](=O)[O-]. The van der Waals surface area contributed by atoms with Crippen LogP contribution in [0.15, 0.2) is 24.3 Å². The summed E-state index contributed by atoms with van der Waals surface area (Å²) >= 11 is 0. The molecule has 0 unspecified atom stereocenters. The molecule has 1 aromatic rings. The first-order valence-corrected chi connectivity index (χ1v) is 8.14. The highest BCUT2D eigenvalue weighted by Crippen LogP contribution is 2.22. The van der Waals surface area contributed by atoms with Crippen LogP contribution < -0.4 is 5.32 Å². The normalized spacial score (nSPS) is 9.56.